The van der Waals surface area contributed by atoms with Crippen molar-refractivity contribution >= 4 is 11.9 Å². The predicted octanol–water partition coefficient (Wildman–Crippen LogP) is 1.26. The molecule has 0 atom stereocenters. The Bertz CT molecular complexity index is 351. The zero-order valence-corrected chi connectivity index (χ0v) is 8.92. The van der Waals surface area contributed by atoms with Gasteiger partial charge in [0, 0.05) is 6.20 Å². The first-order valence-corrected chi connectivity index (χ1v) is 4.47. The summed E-state index contributed by atoms with van der Waals surface area (Å²) in [6.45, 7) is 5.27. The van der Waals surface area contributed by atoms with E-state index in [1.807, 2.05) is 0 Å². The summed E-state index contributed by atoms with van der Waals surface area (Å²) >= 11 is 0. The van der Waals surface area contributed by atoms with Gasteiger partial charge in [0.1, 0.15) is 5.60 Å². The molecule has 0 aliphatic heterocycles. The Morgan fingerprint density at radius 2 is 2.27 bits per heavy atom. The molecule has 15 heavy (non-hydrogen) atoms. The quantitative estimate of drug-likeness (QED) is 0.481. The number of alkyl carbamates (subject to hydrolysis) is 1. The molecule has 0 saturated carbocycles. The molecule has 6 nitrogen and oxygen atoms in total. The van der Waals surface area contributed by atoms with Crippen LogP contribution in [0.1, 0.15) is 26.5 Å². The number of carbonyl (C=O) groups excluding carboxylic acids is 1. The monoisotopic (exact) mass is 210 g/mol. The van der Waals surface area contributed by atoms with E-state index in [9.17, 15) is 4.79 Å². The summed E-state index contributed by atoms with van der Waals surface area (Å²) in [4.78, 5) is 11.3. The average molecular weight is 210 g/mol. The molecule has 1 aromatic rings. The van der Waals surface area contributed by atoms with E-state index >= 15 is 0 Å². The Kier molecular flexibility index (Phi) is 3.08. The average Bonchev–Trinajstić information content (AvgIpc) is 2.50. The predicted molar refractivity (Wildman–Crippen MR) is 54.8 cm³/mol. The van der Waals surface area contributed by atoms with Crippen LogP contribution >= 0.6 is 0 Å². The Balaban J connectivity index is 2.50. The van der Waals surface area contributed by atoms with Crippen molar-refractivity contribution in [2.24, 2.45) is 0 Å². The number of aromatic nitrogens is 2. The third-order valence-corrected chi connectivity index (χ3v) is 1.40. The van der Waals surface area contributed by atoms with Crippen LogP contribution in [0.4, 0.5) is 4.79 Å². The van der Waals surface area contributed by atoms with Gasteiger partial charge in [-0.05, 0) is 26.8 Å². The lowest BCUT2D eigenvalue weighted by Gasteiger charge is -2.19. The molecule has 0 aliphatic carbocycles. The smallest absolute Gasteiger partial charge is 0.413 e. The van der Waals surface area contributed by atoms with E-state index in [1.54, 1.807) is 26.8 Å². The van der Waals surface area contributed by atoms with Gasteiger partial charge < -0.3 is 4.74 Å². The highest BCUT2D eigenvalue weighted by molar-refractivity contribution is 6.03. The van der Waals surface area contributed by atoms with Crippen LogP contribution < -0.4 is 5.32 Å². The second kappa shape index (κ2) is 4.12. The van der Waals surface area contributed by atoms with E-state index in [0.29, 0.717) is 5.69 Å². The fourth-order valence-electron chi connectivity index (χ4n) is 0.868. The number of ether oxygens (including phenoxy) is 1. The van der Waals surface area contributed by atoms with Gasteiger partial charge in [-0.3, -0.25) is 15.8 Å². The first kappa shape index (κ1) is 11.2. The van der Waals surface area contributed by atoms with E-state index in [1.165, 1.54) is 6.20 Å². The van der Waals surface area contributed by atoms with Crippen LogP contribution in [0.3, 0.4) is 0 Å². The number of H-pyrrole nitrogens is 1. The van der Waals surface area contributed by atoms with Gasteiger partial charge in [0.05, 0.1) is 5.69 Å². The molecule has 1 rings (SSSR count). The molecule has 0 radical (unpaired) electrons. The zero-order chi connectivity index (χ0) is 11.5. The summed E-state index contributed by atoms with van der Waals surface area (Å²) in [5, 5.41) is 16.0. The third kappa shape index (κ3) is 3.80. The van der Waals surface area contributed by atoms with Crippen molar-refractivity contribution < 1.29 is 9.53 Å². The van der Waals surface area contributed by atoms with E-state index < -0.39 is 11.7 Å². The highest BCUT2D eigenvalue weighted by Gasteiger charge is 2.17. The summed E-state index contributed by atoms with van der Waals surface area (Å²) in [6.07, 6.45) is 0.850. The number of nitrogens with zero attached hydrogens (tertiary/aromatic N) is 1. The molecule has 0 bridgehead atoms. The lowest BCUT2D eigenvalue weighted by atomic mass is 10.2. The van der Waals surface area contributed by atoms with Crippen LogP contribution in [0, 0.1) is 5.41 Å². The van der Waals surface area contributed by atoms with Crippen LogP contribution in [-0.2, 0) is 4.74 Å². The van der Waals surface area contributed by atoms with Gasteiger partial charge in [0.15, 0.2) is 5.84 Å². The van der Waals surface area contributed by atoms with Crippen molar-refractivity contribution in [3.63, 3.8) is 0 Å². The number of rotatable bonds is 1. The summed E-state index contributed by atoms with van der Waals surface area (Å²) in [7, 11) is 0. The molecule has 1 heterocycles. The van der Waals surface area contributed by atoms with Crippen molar-refractivity contribution in [3.8, 4) is 0 Å². The molecule has 3 N–H and O–H groups in total. The topological polar surface area (TPSA) is 90.9 Å². The Morgan fingerprint density at radius 1 is 1.60 bits per heavy atom. The molecule has 0 aliphatic rings. The van der Waals surface area contributed by atoms with Crippen LogP contribution in [0.2, 0.25) is 0 Å². The number of carbonyl (C=O) groups is 1. The highest BCUT2D eigenvalue weighted by Crippen LogP contribution is 2.06. The normalized spacial score (nSPS) is 10.9. The largest absolute Gasteiger partial charge is 0.444 e. The maximum absolute atomic E-state index is 11.3. The van der Waals surface area contributed by atoms with Crippen LogP contribution in [-0.4, -0.2) is 27.7 Å². The highest BCUT2D eigenvalue weighted by atomic mass is 16.6. The van der Waals surface area contributed by atoms with Crippen molar-refractivity contribution in [1.29, 1.82) is 5.41 Å². The number of amides is 1. The molecule has 0 aromatic carbocycles. The van der Waals surface area contributed by atoms with Crippen molar-refractivity contribution in [1.82, 2.24) is 15.5 Å². The van der Waals surface area contributed by atoms with E-state index in [0.717, 1.165) is 0 Å². The maximum atomic E-state index is 11.3. The van der Waals surface area contributed by atoms with Gasteiger partial charge in [0.2, 0.25) is 0 Å². The standard InChI is InChI=1S/C9H14N4O2/c1-9(2,3)15-8(14)12-7(10)6-4-5-11-13-6/h4-5H,1-3H3,(H,11,13)(H2,10,12,14). The van der Waals surface area contributed by atoms with Gasteiger partial charge in [-0.1, -0.05) is 0 Å². The first-order chi connectivity index (χ1) is 6.88. The van der Waals surface area contributed by atoms with Crippen molar-refractivity contribution in [2.45, 2.75) is 26.4 Å². The molecule has 1 aromatic heterocycles. The zero-order valence-electron chi connectivity index (χ0n) is 8.92. The second-order valence-electron chi connectivity index (χ2n) is 3.97. The molecule has 0 fully saturated rings. The minimum absolute atomic E-state index is 0.0678. The van der Waals surface area contributed by atoms with Gasteiger partial charge in [-0.15, -0.1) is 0 Å². The fraction of sp³-hybridized carbons (Fsp3) is 0.444. The Morgan fingerprint density at radius 3 is 2.73 bits per heavy atom. The number of hydrogen-bond acceptors (Lipinski definition) is 4. The molecular weight excluding hydrogens is 196 g/mol. The summed E-state index contributed by atoms with van der Waals surface area (Å²) in [6, 6.07) is 1.58. The van der Waals surface area contributed by atoms with Crippen LogP contribution in [0.25, 0.3) is 0 Å². The van der Waals surface area contributed by atoms with Gasteiger partial charge in [-0.25, -0.2) is 4.79 Å². The number of hydrogen-bond donors (Lipinski definition) is 3. The molecular formula is C9H14N4O2. The minimum atomic E-state index is -0.651. The van der Waals surface area contributed by atoms with Crippen LogP contribution in [0.15, 0.2) is 12.3 Å². The SMILES string of the molecule is CC(C)(C)OC(=O)NC(=N)c1ccn[nH]1. The Hall–Kier alpha value is -1.85. The molecule has 1 amide bonds. The van der Waals surface area contributed by atoms with E-state index in [4.69, 9.17) is 10.1 Å². The lowest BCUT2D eigenvalue weighted by Crippen LogP contribution is -2.36. The maximum Gasteiger partial charge on any atom is 0.413 e. The van der Waals surface area contributed by atoms with Gasteiger partial charge in [0.25, 0.3) is 0 Å². The number of amidine groups is 1. The van der Waals surface area contributed by atoms with Gasteiger partial charge in [-0.2, -0.15) is 5.10 Å². The van der Waals surface area contributed by atoms with Crippen LogP contribution in [0.5, 0.6) is 0 Å². The lowest BCUT2D eigenvalue weighted by molar-refractivity contribution is 0.0563. The third-order valence-electron chi connectivity index (χ3n) is 1.40. The van der Waals surface area contributed by atoms with E-state index in [2.05, 4.69) is 15.5 Å². The van der Waals surface area contributed by atoms with Gasteiger partial charge >= 0.3 is 6.09 Å². The number of aromatic amines is 1. The minimum Gasteiger partial charge on any atom is -0.444 e. The molecule has 82 valence electrons. The fourth-order valence-corrected chi connectivity index (χ4v) is 0.868. The summed E-state index contributed by atoms with van der Waals surface area (Å²) < 4.78 is 4.98. The second-order valence-corrected chi connectivity index (χ2v) is 3.97. The Labute approximate surface area is 87.5 Å². The molecule has 0 saturated heterocycles. The van der Waals surface area contributed by atoms with Crippen molar-refractivity contribution in [2.75, 3.05) is 0 Å². The number of nitrogens with one attached hydrogen (secondary N) is 3. The van der Waals surface area contributed by atoms with E-state index in [-0.39, 0.29) is 5.84 Å². The first-order valence-electron chi connectivity index (χ1n) is 4.47. The molecule has 6 heteroatoms. The molecule has 0 spiro atoms. The van der Waals surface area contributed by atoms with Crippen molar-refractivity contribution in [3.05, 3.63) is 18.0 Å². The summed E-state index contributed by atoms with van der Waals surface area (Å²) in [5.74, 6) is -0.0678. The summed E-state index contributed by atoms with van der Waals surface area (Å²) in [5.41, 5.74) is -0.140. The molecule has 0 unspecified atom stereocenters.